The largest absolute Gasteiger partial charge is 0.343 e. The highest BCUT2D eigenvalue weighted by molar-refractivity contribution is 9.11. The summed E-state index contributed by atoms with van der Waals surface area (Å²) in [7, 11) is 2.18. The number of nitrogens with one attached hydrogen (secondary N) is 1. The molecule has 0 aromatic heterocycles. The summed E-state index contributed by atoms with van der Waals surface area (Å²) in [5.41, 5.74) is 3.02. The smallest absolute Gasteiger partial charge is 0.322 e. The number of halogens is 2. The maximum absolute atomic E-state index is 14.1. The molecule has 0 saturated carbocycles. The van der Waals surface area contributed by atoms with Crippen molar-refractivity contribution in [1.29, 1.82) is 0 Å². The number of hydrogen-bond acceptors (Lipinski definition) is 5. The van der Waals surface area contributed by atoms with Gasteiger partial charge < -0.3 is 24.9 Å². The number of hydrogen-bond donors (Lipinski definition) is 1. The fraction of sp³-hybridized carbons (Fsp3) is 0.559. The van der Waals surface area contributed by atoms with Gasteiger partial charge in [0, 0.05) is 92.0 Å². The van der Waals surface area contributed by atoms with Crippen molar-refractivity contribution >= 4 is 55.4 Å². The maximum atomic E-state index is 14.1. The molecule has 1 unspecified atom stereocenters. The van der Waals surface area contributed by atoms with Gasteiger partial charge in [0.1, 0.15) is 0 Å². The highest BCUT2D eigenvalue weighted by Crippen LogP contribution is 2.30. The molecule has 4 heterocycles. The van der Waals surface area contributed by atoms with Crippen molar-refractivity contribution in [1.82, 2.24) is 24.5 Å². The quantitative estimate of drug-likeness (QED) is 0.431. The number of amides is 4. The molecule has 0 radical (unpaired) electrons. The van der Waals surface area contributed by atoms with Crippen LogP contribution < -0.4 is 5.32 Å². The molecule has 6 rings (SSSR count). The van der Waals surface area contributed by atoms with Crippen LogP contribution in [0.3, 0.4) is 0 Å². The van der Waals surface area contributed by atoms with Crippen molar-refractivity contribution in [3.63, 3.8) is 0 Å². The lowest BCUT2D eigenvalue weighted by atomic mass is 9.92. The SMILES string of the molecule is CN1CCN(C2CCN(C(=O)C(CC(=O)N3CCC(N4Cc5ccccc5NC4=O)CC3)Cc3cc(Br)cc(Br)c3)CC2)CC1. The van der Waals surface area contributed by atoms with E-state index in [0.717, 1.165) is 90.7 Å². The Hall–Kier alpha value is -2.47. The molecule has 2 aromatic carbocycles. The molecule has 0 bridgehead atoms. The first-order valence-corrected chi connectivity index (χ1v) is 17.9. The predicted octanol–water partition coefficient (Wildman–Crippen LogP) is 5.04. The monoisotopic (exact) mass is 742 g/mol. The second kappa shape index (κ2) is 14.5. The molecule has 4 aliphatic heterocycles. The van der Waals surface area contributed by atoms with Crippen molar-refractivity contribution < 1.29 is 14.4 Å². The standard InChI is InChI=1S/C34H44Br2N6O3/c1-38-14-16-39(17-15-38)29-6-12-41(13-7-29)33(44)26(18-24-19-27(35)22-28(36)20-24)21-32(43)40-10-8-30(9-11-40)42-23-25-4-2-3-5-31(25)37-34(42)45/h2-5,19-20,22,26,29-30H,6-18,21,23H2,1H3,(H,37,45). The van der Waals surface area contributed by atoms with Crippen LogP contribution in [-0.2, 0) is 22.6 Å². The number of likely N-dealkylation sites (tertiary alicyclic amines) is 2. The number of para-hydroxylation sites is 1. The molecule has 0 aliphatic carbocycles. The lowest BCUT2D eigenvalue weighted by molar-refractivity contribution is -0.143. The molecule has 3 fully saturated rings. The third-order valence-electron chi connectivity index (χ3n) is 10.1. The highest BCUT2D eigenvalue weighted by atomic mass is 79.9. The van der Waals surface area contributed by atoms with Crippen LogP contribution >= 0.6 is 31.9 Å². The van der Waals surface area contributed by atoms with Gasteiger partial charge in [0.2, 0.25) is 11.8 Å². The second-order valence-corrected chi connectivity index (χ2v) is 14.9. The van der Waals surface area contributed by atoms with Crippen LogP contribution in [0.2, 0.25) is 0 Å². The van der Waals surface area contributed by atoms with Gasteiger partial charge in [0.25, 0.3) is 0 Å². The van der Waals surface area contributed by atoms with Crippen LogP contribution in [0.25, 0.3) is 0 Å². The van der Waals surface area contributed by atoms with E-state index in [1.54, 1.807) is 0 Å². The molecule has 4 amide bonds. The zero-order valence-electron chi connectivity index (χ0n) is 26.1. The van der Waals surface area contributed by atoms with Crippen molar-refractivity contribution in [3.8, 4) is 0 Å². The van der Waals surface area contributed by atoms with Crippen molar-refractivity contribution in [2.75, 3.05) is 64.7 Å². The summed E-state index contributed by atoms with van der Waals surface area (Å²) >= 11 is 7.18. The summed E-state index contributed by atoms with van der Waals surface area (Å²) in [6.07, 6.45) is 4.16. The number of piperidine rings is 2. The average molecular weight is 745 g/mol. The zero-order valence-corrected chi connectivity index (χ0v) is 29.3. The molecular formula is C34H44Br2N6O3. The fourth-order valence-corrected chi connectivity index (χ4v) is 8.83. The van der Waals surface area contributed by atoms with Gasteiger partial charge in [-0.3, -0.25) is 14.5 Å². The van der Waals surface area contributed by atoms with E-state index < -0.39 is 5.92 Å². The fourth-order valence-electron chi connectivity index (χ4n) is 7.44. The Morgan fingerprint density at radius 2 is 1.47 bits per heavy atom. The average Bonchev–Trinajstić information content (AvgIpc) is 3.04. The van der Waals surface area contributed by atoms with Gasteiger partial charge in [0.15, 0.2) is 0 Å². The number of benzene rings is 2. The lowest BCUT2D eigenvalue weighted by Gasteiger charge is -2.43. The number of carbonyl (C=O) groups is 3. The van der Waals surface area contributed by atoms with E-state index in [1.165, 1.54) is 0 Å². The molecule has 242 valence electrons. The van der Waals surface area contributed by atoms with E-state index in [2.05, 4.69) is 60.1 Å². The van der Waals surface area contributed by atoms with E-state index in [1.807, 2.05) is 51.1 Å². The number of anilines is 1. The molecule has 3 saturated heterocycles. The minimum atomic E-state index is -0.416. The number of carbonyl (C=O) groups excluding carboxylic acids is 3. The molecule has 45 heavy (non-hydrogen) atoms. The number of rotatable bonds is 7. The molecule has 11 heteroatoms. The Balaban J connectivity index is 1.08. The van der Waals surface area contributed by atoms with Crippen LogP contribution in [0.4, 0.5) is 10.5 Å². The van der Waals surface area contributed by atoms with Crippen LogP contribution in [-0.4, -0.2) is 114 Å². The van der Waals surface area contributed by atoms with E-state index in [9.17, 15) is 14.4 Å². The number of urea groups is 1. The Bertz CT molecular complexity index is 1360. The maximum Gasteiger partial charge on any atom is 0.322 e. The minimum absolute atomic E-state index is 0.0293. The van der Waals surface area contributed by atoms with Gasteiger partial charge in [-0.25, -0.2) is 4.79 Å². The Morgan fingerprint density at radius 1 is 0.844 bits per heavy atom. The normalized spacial score (nSPS) is 21.4. The van der Waals surface area contributed by atoms with Gasteiger partial charge in [-0.05, 0) is 74.5 Å². The van der Waals surface area contributed by atoms with Crippen molar-refractivity contribution in [2.45, 2.75) is 57.2 Å². The molecular weight excluding hydrogens is 700 g/mol. The molecule has 1 atom stereocenters. The van der Waals surface area contributed by atoms with E-state index in [4.69, 9.17) is 0 Å². The molecule has 4 aliphatic rings. The van der Waals surface area contributed by atoms with Gasteiger partial charge in [-0.2, -0.15) is 0 Å². The highest BCUT2D eigenvalue weighted by Gasteiger charge is 2.36. The van der Waals surface area contributed by atoms with Crippen LogP contribution in [0, 0.1) is 5.92 Å². The molecule has 2 aromatic rings. The molecule has 9 nitrogen and oxygen atoms in total. The van der Waals surface area contributed by atoms with E-state index in [-0.39, 0.29) is 30.3 Å². The van der Waals surface area contributed by atoms with Gasteiger partial charge >= 0.3 is 6.03 Å². The topological polar surface area (TPSA) is 79.4 Å². The van der Waals surface area contributed by atoms with Crippen LogP contribution in [0.5, 0.6) is 0 Å². The Kier molecular flexibility index (Phi) is 10.5. The first-order valence-electron chi connectivity index (χ1n) is 16.3. The van der Waals surface area contributed by atoms with Gasteiger partial charge in [-0.15, -0.1) is 0 Å². The summed E-state index contributed by atoms with van der Waals surface area (Å²) in [5, 5.41) is 3.02. The van der Waals surface area contributed by atoms with Crippen molar-refractivity contribution in [2.24, 2.45) is 5.92 Å². The number of nitrogens with zero attached hydrogens (tertiary/aromatic N) is 5. The first kappa shape index (κ1) is 32.5. The second-order valence-electron chi connectivity index (χ2n) is 13.1. The Labute approximate surface area is 283 Å². The lowest BCUT2D eigenvalue weighted by Crippen LogP contribution is -2.54. The molecule has 1 N–H and O–H groups in total. The van der Waals surface area contributed by atoms with E-state index >= 15 is 0 Å². The van der Waals surface area contributed by atoms with Gasteiger partial charge in [0.05, 0.1) is 5.92 Å². The number of fused-ring (bicyclic) bond motifs is 1. The van der Waals surface area contributed by atoms with Crippen molar-refractivity contribution in [3.05, 3.63) is 62.5 Å². The zero-order chi connectivity index (χ0) is 31.5. The minimum Gasteiger partial charge on any atom is -0.343 e. The first-order chi connectivity index (χ1) is 21.7. The molecule has 0 spiro atoms. The van der Waals surface area contributed by atoms with Crippen LogP contribution in [0.15, 0.2) is 51.4 Å². The van der Waals surface area contributed by atoms with Gasteiger partial charge in [-0.1, -0.05) is 50.1 Å². The summed E-state index contributed by atoms with van der Waals surface area (Å²) in [6, 6.07) is 14.5. The number of piperazine rings is 1. The summed E-state index contributed by atoms with van der Waals surface area (Å²) in [4.78, 5) is 51.5. The summed E-state index contributed by atoms with van der Waals surface area (Å²) < 4.78 is 1.90. The summed E-state index contributed by atoms with van der Waals surface area (Å²) in [5.74, 6) is -0.294. The predicted molar refractivity (Wildman–Crippen MR) is 183 cm³/mol. The third-order valence-corrected chi connectivity index (χ3v) is 11.0. The van der Waals surface area contributed by atoms with Crippen LogP contribution in [0.1, 0.15) is 43.2 Å². The third kappa shape index (κ3) is 7.92. The van der Waals surface area contributed by atoms with E-state index in [0.29, 0.717) is 32.1 Å². The Morgan fingerprint density at radius 3 is 2.16 bits per heavy atom. The number of likely N-dealkylation sites (N-methyl/N-ethyl adjacent to an activating group) is 1. The summed E-state index contributed by atoms with van der Waals surface area (Å²) in [6.45, 7) is 7.65.